The van der Waals surface area contributed by atoms with E-state index >= 15 is 0 Å². The molecule has 0 unspecified atom stereocenters. The molecular weight excluding hydrogens is 592 g/mol. The molecule has 0 radical (unpaired) electrons. The quantitative estimate of drug-likeness (QED) is 0.127. The van der Waals surface area contributed by atoms with Gasteiger partial charge in [0.15, 0.2) is 12.6 Å². The largest absolute Gasteiger partial charge is 0.389 e. The van der Waals surface area contributed by atoms with Crippen molar-refractivity contribution in [1.82, 2.24) is 0 Å². The molecule has 20 atom stereocenters. The highest BCUT2D eigenvalue weighted by Gasteiger charge is 2.49. The summed E-state index contributed by atoms with van der Waals surface area (Å²) in [7, 11) is 0. The number of aliphatic hydroxyl groups is 8. The highest BCUT2D eigenvalue weighted by atomic mass is 16.7. The third-order valence-electron chi connectivity index (χ3n) is 8.73. The standard InChI is InChI=1S/2C12H26N4O6/c2*13-2-5-8(18)9(19)6(16)12(21-5)22-11-4(15)1-3(14)7(17)10(11)20/h2*3-12,17-20H,1-2,13-16H2/t2*3-,4+,5-,6-,7+,8-,9-,10-,11-,12-/m11/s1. The second-order valence-electron chi connectivity index (χ2n) is 12.0. The van der Waals surface area contributed by atoms with Crippen LogP contribution < -0.4 is 45.9 Å². The molecule has 4 aliphatic rings. The topological polar surface area (TPSA) is 407 Å². The van der Waals surface area contributed by atoms with Crippen molar-refractivity contribution in [2.24, 2.45) is 45.9 Å². The highest BCUT2D eigenvalue weighted by molar-refractivity contribution is 5.01. The summed E-state index contributed by atoms with van der Waals surface area (Å²) in [4.78, 5) is 0. The van der Waals surface area contributed by atoms with Crippen LogP contribution in [0, 0.1) is 0 Å². The van der Waals surface area contributed by atoms with Crippen molar-refractivity contribution in [1.29, 1.82) is 0 Å². The highest BCUT2D eigenvalue weighted by Crippen LogP contribution is 2.28. The summed E-state index contributed by atoms with van der Waals surface area (Å²) < 4.78 is 22.0. The minimum atomic E-state index is -1.31. The number of hydrogen-bond acceptors (Lipinski definition) is 20. The predicted molar refractivity (Wildman–Crippen MR) is 150 cm³/mol. The number of aliphatic hydroxyl groups excluding tert-OH is 8. The maximum atomic E-state index is 10.1. The molecule has 2 aliphatic carbocycles. The van der Waals surface area contributed by atoms with E-state index in [1.54, 1.807) is 0 Å². The molecule has 2 saturated carbocycles. The first-order chi connectivity index (χ1) is 20.5. The van der Waals surface area contributed by atoms with Crippen LogP contribution in [0.1, 0.15) is 12.8 Å². The second kappa shape index (κ2) is 15.9. The van der Waals surface area contributed by atoms with Crippen molar-refractivity contribution in [2.45, 2.75) is 135 Å². The van der Waals surface area contributed by atoms with Crippen molar-refractivity contribution in [3.63, 3.8) is 0 Å². The van der Waals surface area contributed by atoms with E-state index in [0.29, 0.717) is 0 Å². The monoisotopic (exact) mass is 644 g/mol. The number of rotatable bonds is 6. The van der Waals surface area contributed by atoms with Gasteiger partial charge in [0.1, 0.15) is 61.0 Å². The Bertz CT molecular complexity index is 819. The van der Waals surface area contributed by atoms with Crippen LogP contribution in [-0.2, 0) is 18.9 Å². The minimum absolute atomic E-state index is 0.0441. The van der Waals surface area contributed by atoms with Gasteiger partial charge in [-0.3, -0.25) is 0 Å². The van der Waals surface area contributed by atoms with Crippen LogP contribution in [0.5, 0.6) is 0 Å². The molecule has 0 aromatic carbocycles. The predicted octanol–water partition coefficient (Wildman–Crippen LogP) is -10.2. The molecule has 0 amide bonds. The van der Waals surface area contributed by atoms with E-state index in [4.69, 9.17) is 64.8 Å². The summed E-state index contributed by atoms with van der Waals surface area (Å²) in [6.45, 7) is -0.0881. The van der Waals surface area contributed by atoms with Crippen molar-refractivity contribution < 1.29 is 59.8 Å². The zero-order chi connectivity index (χ0) is 33.2. The van der Waals surface area contributed by atoms with Crippen LogP contribution in [0.2, 0.25) is 0 Å². The SMILES string of the molecule is NC[C@H]1O[C@H](O[C@H]2[C@H](O)[C@@H](O)[C@H](N)C[C@@H]2N)[C@H](N)[C@@H](O)[C@@H]1O.NC[C@H]1O[C@H](O[C@H]2[C@H](O)[C@@H](O)[C@H](N)C[C@@H]2N)[C@H](N)[C@@H](O)[C@@H]1O. The van der Waals surface area contributed by atoms with E-state index < -0.39 is 122 Å². The van der Waals surface area contributed by atoms with E-state index in [0.717, 1.165) is 0 Å². The molecule has 0 aromatic rings. The van der Waals surface area contributed by atoms with Gasteiger partial charge in [0, 0.05) is 37.3 Å². The van der Waals surface area contributed by atoms with E-state index in [1.165, 1.54) is 0 Å². The van der Waals surface area contributed by atoms with Crippen molar-refractivity contribution in [3.05, 3.63) is 0 Å². The zero-order valence-corrected chi connectivity index (χ0v) is 24.2. The Morgan fingerprint density at radius 1 is 0.455 bits per heavy atom. The first-order valence-electron chi connectivity index (χ1n) is 14.6. The van der Waals surface area contributed by atoms with Crippen LogP contribution >= 0.6 is 0 Å². The van der Waals surface area contributed by atoms with Gasteiger partial charge in [-0.15, -0.1) is 0 Å². The van der Waals surface area contributed by atoms with Gasteiger partial charge in [-0.25, -0.2) is 0 Å². The maximum absolute atomic E-state index is 10.1. The number of ether oxygens (including phenoxy) is 4. The lowest BCUT2D eigenvalue weighted by Gasteiger charge is -2.45. The lowest BCUT2D eigenvalue weighted by atomic mass is 9.84. The van der Waals surface area contributed by atoms with Gasteiger partial charge in [-0.05, 0) is 12.8 Å². The van der Waals surface area contributed by atoms with Gasteiger partial charge in [-0.1, -0.05) is 0 Å². The number of nitrogens with two attached hydrogens (primary N) is 8. The summed E-state index contributed by atoms with van der Waals surface area (Å²) in [6, 6.07) is -4.69. The molecule has 260 valence electrons. The van der Waals surface area contributed by atoms with Crippen molar-refractivity contribution in [3.8, 4) is 0 Å². The lowest BCUT2D eigenvalue weighted by Crippen LogP contribution is -2.67. The summed E-state index contributed by atoms with van der Waals surface area (Å²) in [6.07, 6.45) is -15.5. The molecule has 2 saturated heterocycles. The lowest BCUT2D eigenvalue weighted by molar-refractivity contribution is -0.287. The molecule has 0 spiro atoms. The van der Waals surface area contributed by atoms with Crippen LogP contribution in [0.4, 0.5) is 0 Å². The van der Waals surface area contributed by atoms with E-state index in [-0.39, 0.29) is 25.9 Å². The van der Waals surface area contributed by atoms with E-state index in [2.05, 4.69) is 0 Å². The molecule has 0 aromatic heterocycles. The molecule has 0 bridgehead atoms. The fourth-order valence-electron chi connectivity index (χ4n) is 5.79. The normalized spacial score (nSPS) is 53.5. The Kier molecular flexibility index (Phi) is 13.6. The molecule has 20 heteroatoms. The summed E-state index contributed by atoms with van der Waals surface area (Å²) in [5, 5.41) is 79.2. The second-order valence-corrected chi connectivity index (χ2v) is 12.0. The van der Waals surface area contributed by atoms with E-state index in [9.17, 15) is 40.9 Å². The van der Waals surface area contributed by atoms with Crippen LogP contribution in [-0.4, -0.2) is 176 Å². The fourth-order valence-corrected chi connectivity index (χ4v) is 5.79. The molecule has 44 heavy (non-hydrogen) atoms. The number of hydrogen-bond donors (Lipinski definition) is 16. The Morgan fingerprint density at radius 2 is 0.773 bits per heavy atom. The van der Waals surface area contributed by atoms with E-state index in [1.807, 2.05) is 0 Å². The molecule has 2 heterocycles. The van der Waals surface area contributed by atoms with Gasteiger partial charge in [0.05, 0.1) is 24.3 Å². The third kappa shape index (κ3) is 8.00. The maximum Gasteiger partial charge on any atom is 0.176 e. The molecule has 2 aliphatic heterocycles. The summed E-state index contributed by atoms with van der Waals surface area (Å²) in [5.74, 6) is 0. The third-order valence-corrected chi connectivity index (χ3v) is 8.73. The first kappa shape index (κ1) is 37.7. The van der Waals surface area contributed by atoms with Crippen molar-refractivity contribution in [2.75, 3.05) is 13.1 Å². The van der Waals surface area contributed by atoms with Crippen LogP contribution in [0.15, 0.2) is 0 Å². The molecule has 4 rings (SSSR count). The average Bonchev–Trinajstić information content (AvgIpc) is 2.99. The molecule has 20 nitrogen and oxygen atoms in total. The smallest absolute Gasteiger partial charge is 0.176 e. The van der Waals surface area contributed by atoms with Gasteiger partial charge in [0.25, 0.3) is 0 Å². The molecular formula is C24H52N8O12. The van der Waals surface area contributed by atoms with Crippen LogP contribution in [0.25, 0.3) is 0 Å². The Labute approximate surface area is 254 Å². The Morgan fingerprint density at radius 3 is 1.07 bits per heavy atom. The molecule has 4 fully saturated rings. The van der Waals surface area contributed by atoms with Gasteiger partial charge in [-0.2, -0.15) is 0 Å². The van der Waals surface area contributed by atoms with Gasteiger partial charge >= 0.3 is 0 Å². The summed E-state index contributed by atoms with van der Waals surface area (Å²) >= 11 is 0. The summed E-state index contributed by atoms with van der Waals surface area (Å²) in [5.41, 5.74) is 45.7. The zero-order valence-electron chi connectivity index (χ0n) is 24.2. The Balaban J connectivity index is 0.000000240. The van der Waals surface area contributed by atoms with Crippen LogP contribution in [0.3, 0.4) is 0 Å². The van der Waals surface area contributed by atoms with Crippen molar-refractivity contribution >= 4 is 0 Å². The van der Waals surface area contributed by atoms with Gasteiger partial charge < -0.3 is 106 Å². The Hall–Kier alpha value is -0.800. The first-order valence-corrected chi connectivity index (χ1v) is 14.6. The fraction of sp³-hybridized carbons (Fsp3) is 1.00. The molecule has 24 N–H and O–H groups in total. The minimum Gasteiger partial charge on any atom is -0.389 e. The average molecular weight is 645 g/mol. The van der Waals surface area contributed by atoms with Gasteiger partial charge in [0.2, 0.25) is 0 Å².